The van der Waals surface area contributed by atoms with Crippen molar-refractivity contribution in [3.63, 3.8) is 0 Å². The maximum Gasteiger partial charge on any atom is 0.187 e. The highest BCUT2D eigenvalue weighted by Gasteiger charge is 2.24. The van der Waals surface area contributed by atoms with Gasteiger partial charge in [0.2, 0.25) is 0 Å². The number of nitrogens with two attached hydrogens (primary N) is 1. The van der Waals surface area contributed by atoms with Crippen molar-refractivity contribution < 1.29 is 17.6 Å². The molecule has 1 aromatic carbocycles. The van der Waals surface area contributed by atoms with E-state index in [1.165, 1.54) is 0 Å². The summed E-state index contributed by atoms with van der Waals surface area (Å²) in [5.41, 5.74) is 4.76. The van der Waals surface area contributed by atoms with Gasteiger partial charge in [0, 0.05) is 6.07 Å². The summed E-state index contributed by atoms with van der Waals surface area (Å²) in [6.07, 6.45) is 0.911. The molecule has 0 atom stereocenters. The van der Waals surface area contributed by atoms with Crippen LogP contribution in [0.25, 0.3) is 5.69 Å². The smallest absolute Gasteiger partial charge is 0.187 e. The summed E-state index contributed by atoms with van der Waals surface area (Å²) in [6.45, 7) is 1.80. The number of hydrogen-bond acceptors (Lipinski definition) is 3. The summed E-state index contributed by atoms with van der Waals surface area (Å²) in [5, 5.41) is 6.90. The number of nitrogen functional groups attached to an aromatic ring is 1. The number of nitrogens with zero attached hydrogens (tertiary/aromatic N) is 3. The summed E-state index contributed by atoms with van der Waals surface area (Å²) < 4.78 is 54.3. The van der Waals surface area contributed by atoms with Crippen LogP contribution in [0, 0.1) is 23.3 Å². The first-order chi connectivity index (χ1) is 8.97. The molecule has 0 radical (unpaired) electrons. The van der Waals surface area contributed by atoms with Crippen LogP contribution in [0.1, 0.15) is 19.0 Å². The molecule has 0 saturated heterocycles. The molecule has 2 rings (SSSR count). The van der Waals surface area contributed by atoms with Gasteiger partial charge in [-0.2, -0.15) is 0 Å². The van der Waals surface area contributed by atoms with Crippen molar-refractivity contribution >= 4 is 5.82 Å². The monoisotopic (exact) mass is 274 g/mol. The van der Waals surface area contributed by atoms with E-state index in [-0.39, 0.29) is 17.6 Å². The topological polar surface area (TPSA) is 56.7 Å². The maximum absolute atomic E-state index is 13.6. The van der Waals surface area contributed by atoms with Gasteiger partial charge in [-0.25, -0.2) is 22.2 Å². The highest BCUT2D eigenvalue weighted by atomic mass is 19.2. The fourth-order valence-corrected chi connectivity index (χ4v) is 1.71. The zero-order chi connectivity index (χ0) is 14.2. The summed E-state index contributed by atoms with van der Waals surface area (Å²) in [7, 11) is 0. The van der Waals surface area contributed by atoms with Crippen LogP contribution in [0.15, 0.2) is 6.07 Å². The van der Waals surface area contributed by atoms with Crippen LogP contribution in [-0.4, -0.2) is 15.0 Å². The van der Waals surface area contributed by atoms with Crippen LogP contribution in [0.5, 0.6) is 0 Å². The lowest BCUT2D eigenvalue weighted by molar-refractivity contribution is 0.441. The van der Waals surface area contributed by atoms with Gasteiger partial charge in [0.15, 0.2) is 29.1 Å². The van der Waals surface area contributed by atoms with Gasteiger partial charge in [-0.05, 0) is 6.42 Å². The molecule has 0 amide bonds. The average Bonchev–Trinajstić information content (AvgIpc) is 2.71. The van der Waals surface area contributed by atoms with Gasteiger partial charge >= 0.3 is 0 Å². The van der Waals surface area contributed by atoms with Crippen molar-refractivity contribution in [2.75, 3.05) is 5.73 Å². The van der Waals surface area contributed by atoms with Crippen molar-refractivity contribution in [1.82, 2.24) is 15.0 Å². The highest BCUT2D eigenvalue weighted by Crippen LogP contribution is 2.25. The molecule has 2 N–H and O–H groups in total. The fraction of sp³-hybridized carbons (Fsp3) is 0.273. The fourth-order valence-electron chi connectivity index (χ4n) is 1.71. The van der Waals surface area contributed by atoms with Gasteiger partial charge in [0.1, 0.15) is 5.69 Å². The van der Waals surface area contributed by atoms with E-state index in [1.807, 2.05) is 0 Å². The second-order valence-corrected chi connectivity index (χ2v) is 3.90. The molecular weight excluding hydrogens is 264 g/mol. The van der Waals surface area contributed by atoms with E-state index in [9.17, 15) is 17.6 Å². The molecule has 2 aromatic rings. The van der Waals surface area contributed by atoms with Gasteiger partial charge in [-0.3, -0.25) is 0 Å². The minimum absolute atomic E-state index is 0.0367. The van der Waals surface area contributed by atoms with Gasteiger partial charge in [-0.1, -0.05) is 18.6 Å². The summed E-state index contributed by atoms with van der Waals surface area (Å²) >= 11 is 0. The van der Waals surface area contributed by atoms with E-state index < -0.39 is 29.0 Å². The molecule has 0 aliphatic heterocycles. The molecule has 0 saturated carbocycles. The third-order valence-electron chi connectivity index (χ3n) is 2.58. The molecule has 19 heavy (non-hydrogen) atoms. The van der Waals surface area contributed by atoms with Crippen LogP contribution >= 0.6 is 0 Å². The Hall–Kier alpha value is -2.12. The van der Waals surface area contributed by atoms with Crippen molar-refractivity contribution in [3.8, 4) is 5.69 Å². The molecular formula is C11H10F4N4. The third kappa shape index (κ3) is 2.13. The van der Waals surface area contributed by atoms with E-state index in [4.69, 9.17) is 5.73 Å². The Balaban J connectivity index is 2.72. The number of anilines is 1. The number of rotatable bonds is 3. The number of halogens is 4. The zero-order valence-electron chi connectivity index (χ0n) is 9.92. The van der Waals surface area contributed by atoms with Crippen LogP contribution in [-0.2, 0) is 6.42 Å². The summed E-state index contributed by atoms with van der Waals surface area (Å²) in [6, 6.07) is 0.133. The molecule has 1 aromatic heterocycles. The molecule has 0 bridgehead atoms. The molecule has 0 unspecified atom stereocenters. The Bertz CT molecular complexity index is 597. The van der Waals surface area contributed by atoms with E-state index in [2.05, 4.69) is 10.3 Å². The first-order valence-corrected chi connectivity index (χ1v) is 5.50. The number of hydrogen-bond donors (Lipinski definition) is 1. The molecule has 0 fully saturated rings. The van der Waals surface area contributed by atoms with Crippen molar-refractivity contribution in [2.24, 2.45) is 0 Å². The lowest BCUT2D eigenvalue weighted by Gasteiger charge is -2.09. The second kappa shape index (κ2) is 4.87. The largest absolute Gasteiger partial charge is 0.381 e. The molecule has 1 heterocycles. The standard InChI is InChI=1S/C11H10F4N4/c1-2-3-7-11(16)17-18-19(7)10-8(14)5(12)4-6(13)9(10)15/h4H,2-3,16H2,1H3. The molecule has 4 nitrogen and oxygen atoms in total. The van der Waals surface area contributed by atoms with Gasteiger partial charge in [-0.15, -0.1) is 5.10 Å². The molecule has 102 valence electrons. The minimum atomic E-state index is -1.54. The van der Waals surface area contributed by atoms with E-state index in [0.717, 1.165) is 0 Å². The number of aromatic nitrogens is 3. The first-order valence-electron chi connectivity index (χ1n) is 5.50. The minimum Gasteiger partial charge on any atom is -0.381 e. The van der Waals surface area contributed by atoms with Gasteiger partial charge < -0.3 is 5.73 Å². The summed E-state index contributed by atoms with van der Waals surface area (Å²) in [5.74, 6) is -6.14. The number of benzene rings is 1. The van der Waals surface area contributed by atoms with Crippen LogP contribution in [0.4, 0.5) is 23.4 Å². The second-order valence-electron chi connectivity index (χ2n) is 3.90. The average molecular weight is 274 g/mol. The predicted octanol–water partition coefficient (Wildman–Crippen LogP) is 2.36. The van der Waals surface area contributed by atoms with Crippen molar-refractivity contribution in [2.45, 2.75) is 19.8 Å². The van der Waals surface area contributed by atoms with Gasteiger partial charge in [0.05, 0.1) is 5.69 Å². The molecule has 0 spiro atoms. The predicted molar refractivity (Wildman–Crippen MR) is 59.6 cm³/mol. The molecule has 8 heteroatoms. The Morgan fingerprint density at radius 3 is 2.26 bits per heavy atom. The Kier molecular flexibility index (Phi) is 3.41. The Morgan fingerprint density at radius 1 is 1.16 bits per heavy atom. The maximum atomic E-state index is 13.6. The lowest BCUT2D eigenvalue weighted by Crippen LogP contribution is -2.11. The van der Waals surface area contributed by atoms with E-state index in [0.29, 0.717) is 17.5 Å². The van der Waals surface area contributed by atoms with Crippen molar-refractivity contribution in [1.29, 1.82) is 0 Å². The molecule has 0 aliphatic carbocycles. The Morgan fingerprint density at radius 2 is 1.74 bits per heavy atom. The lowest BCUT2D eigenvalue weighted by atomic mass is 10.2. The molecule has 0 aliphatic rings. The highest BCUT2D eigenvalue weighted by molar-refractivity contribution is 5.43. The third-order valence-corrected chi connectivity index (χ3v) is 2.58. The Labute approximate surface area is 105 Å². The summed E-state index contributed by atoms with van der Waals surface area (Å²) in [4.78, 5) is 0. The van der Waals surface area contributed by atoms with Gasteiger partial charge in [0.25, 0.3) is 0 Å². The van der Waals surface area contributed by atoms with E-state index >= 15 is 0 Å². The van der Waals surface area contributed by atoms with Crippen LogP contribution < -0.4 is 5.73 Å². The quantitative estimate of drug-likeness (QED) is 0.690. The zero-order valence-corrected chi connectivity index (χ0v) is 9.92. The van der Waals surface area contributed by atoms with Crippen LogP contribution in [0.3, 0.4) is 0 Å². The SMILES string of the molecule is CCCc1c(N)nnn1-c1c(F)c(F)cc(F)c1F. The van der Waals surface area contributed by atoms with E-state index in [1.54, 1.807) is 6.92 Å². The van der Waals surface area contributed by atoms with Crippen molar-refractivity contribution in [3.05, 3.63) is 35.0 Å². The normalized spacial score (nSPS) is 11.0. The van der Waals surface area contributed by atoms with Crippen LogP contribution in [0.2, 0.25) is 0 Å². The first kappa shape index (κ1) is 13.3.